The summed E-state index contributed by atoms with van der Waals surface area (Å²) in [4.78, 5) is 13.2. The van der Waals surface area contributed by atoms with Gasteiger partial charge in [0.25, 0.3) is 0 Å². The van der Waals surface area contributed by atoms with Crippen LogP contribution in [-0.2, 0) is 16.1 Å². The summed E-state index contributed by atoms with van der Waals surface area (Å²) in [5, 5.41) is 3.16. The van der Waals surface area contributed by atoms with Crippen molar-refractivity contribution in [1.82, 2.24) is 19.5 Å². The molecule has 0 unspecified atom stereocenters. The van der Waals surface area contributed by atoms with E-state index in [2.05, 4.69) is 26.8 Å². The standard InChI is InChI=1S/C24H29F2N5O3/c1-6-34-17(3)20-11-19(14-33-10-9-24(4,25)26)29-23(30-20)28-18-7-8-21(22(12-18)32-5)31-13-16(2)27-15-31/h7-8,11-13,15H,3,6,9-10,14H2,1-2,4-5H3,(H,28,29,30). The lowest BCUT2D eigenvalue weighted by Gasteiger charge is -2.14. The molecule has 0 bridgehead atoms. The number of benzene rings is 1. The van der Waals surface area contributed by atoms with Gasteiger partial charge in [-0.05, 0) is 39.0 Å². The van der Waals surface area contributed by atoms with Crippen LogP contribution < -0.4 is 10.1 Å². The Labute approximate surface area is 197 Å². The average molecular weight is 474 g/mol. The molecule has 0 saturated carbocycles. The van der Waals surface area contributed by atoms with Crippen LogP contribution in [0.25, 0.3) is 11.4 Å². The van der Waals surface area contributed by atoms with Crippen molar-refractivity contribution in [3.8, 4) is 11.4 Å². The van der Waals surface area contributed by atoms with Crippen molar-refractivity contribution < 1.29 is 23.0 Å². The lowest BCUT2D eigenvalue weighted by atomic mass is 10.2. The van der Waals surface area contributed by atoms with E-state index in [-0.39, 0.29) is 25.6 Å². The fraction of sp³-hybridized carbons (Fsp3) is 0.375. The van der Waals surface area contributed by atoms with Crippen LogP contribution >= 0.6 is 0 Å². The molecule has 0 spiro atoms. The topological polar surface area (TPSA) is 83.3 Å². The molecule has 3 rings (SSSR count). The summed E-state index contributed by atoms with van der Waals surface area (Å²) < 4.78 is 44.4. The van der Waals surface area contributed by atoms with Crippen LogP contribution in [0.5, 0.6) is 5.75 Å². The Morgan fingerprint density at radius 2 is 2.03 bits per heavy atom. The summed E-state index contributed by atoms with van der Waals surface area (Å²) in [6.45, 7) is 8.89. The van der Waals surface area contributed by atoms with Crippen molar-refractivity contribution in [2.75, 3.05) is 25.6 Å². The van der Waals surface area contributed by atoms with Gasteiger partial charge in [0.05, 0.1) is 50.3 Å². The molecule has 2 heterocycles. The third-order valence-electron chi connectivity index (χ3n) is 4.74. The molecule has 0 atom stereocenters. The quantitative estimate of drug-likeness (QED) is 0.283. The summed E-state index contributed by atoms with van der Waals surface area (Å²) in [5.74, 6) is -1.50. The third kappa shape index (κ3) is 6.98. The maximum absolute atomic E-state index is 13.1. The minimum absolute atomic E-state index is 0.0436. The summed E-state index contributed by atoms with van der Waals surface area (Å²) in [6, 6.07) is 7.23. The number of aromatic nitrogens is 4. The lowest BCUT2D eigenvalue weighted by molar-refractivity contribution is -0.0197. The molecular formula is C24H29F2N5O3. The zero-order valence-corrected chi connectivity index (χ0v) is 19.8. The number of halogens is 2. The number of alkyl halides is 2. The highest BCUT2D eigenvalue weighted by molar-refractivity contribution is 5.63. The maximum Gasteiger partial charge on any atom is 0.247 e. The van der Waals surface area contributed by atoms with Gasteiger partial charge in [0.1, 0.15) is 17.2 Å². The van der Waals surface area contributed by atoms with E-state index in [4.69, 9.17) is 14.2 Å². The van der Waals surface area contributed by atoms with E-state index in [0.717, 1.165) is 18.3 Å². The Kier molecular flexibility index (Phi) is 8.17. The largest absolute Gasteiger partial charge is 0.494 e. The molecule has 2 aromatic heterocycles. The van der Waals surface area contributed by atoms with E-state index in [0.29, 0.717) is 35.2 Å². The Morgan fingerprint density at radius 3 is 2.68 bits per heavy atom. The van der Waals surface area contributed by atoms with Gasteiger partial charge < -0.3 is 24.1 Å². The number of hydrogen-bond acceptors (Lipinski definition) is 7. The number of methoxy groups -OCH3 is 1. The van der Waals surface area contributed by atoms with Crippen molar-refractivity contribution in [2.24, 2.45) is 0 Å². The number of nitrogens with one attached hydrogen (secondary N) is 1. The van der Waals surface area contributed by atoms with Crippen molar-refractivity contribution in [1.29, 1.82) is 0 Å². The predicted octanol–water partition coefficient (Wildman–Crippen LogP) is 5.29. The van der Waals surface area contributed by atoms with E-state index in [1.54, 1.807) is 19.5 Å². The van der Waals surface area contributed by atoms with Gasteiger partial charge in [-0.25, -0.2) is 23.7 Å². The molecule has 0 aliphatic rings. The molecule has 1 aromatic carbocycles. The van der Waals surface area contributed by atoms with Gasteiger partial charge in [0, 0.05) is 24.4 Å². The minimum atomic E-state index is -2.78. The molecule has 0 aliphatic carbocycles. The van der Waals surface area contributed by atoms with Crippen LogP contribution in [0.3, 0.4) is 0 Å². The molecule has 0 aliphatic heterocycles. The highest BCUT2D eigenvalue weighted by Crippen LogP contribution is 2.28. The average Bonchev–Trinajstić information content (AvgIpc) is 3.22. The summed E-state index contributed by atoms with van der Waals surface area (Å²) in [6.07, 6.45) is 3.24. The summed E-state index contributed by atoms with van der Waals surface area (Å²) >= 11 is 0. The first-order valence-electron chi connectivity index (χ1n) is 10.8. The number of nitrogens with zero attached hydrogens (tertiary/aromatic N) is 4. The van der Waals surface area contributed by atoms with Crippen LogP contribution in [0.2, 0.25) is 0 Å². The zero-order chi connectivity index (χ0) is 24.7. The Balaban J connectivity index is 1.83. The number of imidazole rings is 1. The molecule has 1 N–H and O–H groups in total. The summed E-state index contributed by atoms with van der Waals surface area (Å²) in [5.41, 5.74) is 3.38. The van der Waals surface area contributed by atoms with E-state index in [1.807, 2.05) is 42.8 Å². The number of hydrogen-bond donors (Lipinski definition) is 1. The Hall–Kier alpha value is -3.53. The predicted molar refractivity (Wildman–Crippen MR) is 126 cm³/mol. The molecule has 10 heteroatoms. The van der Waals surface area contributed by atoms with Gasteiger partial charge in [-0.3, -0.25) is 0 Å². The van der Waals surface area contributed by atoms with Crippen molar-refractivity contribution in [2.45, 2.75) is 39.7 Å². The van der Waals surface area contributed by atoms with Crippen LogP contribution in [-0.4, -0.2) is 45.8 Å². The van der Waals surface area contributed by atoms with Gasteiger partial charge in [-0.15, -0.1) is 0 Å². The minimum Gasteiger partial charge on any atom is -0.494 e. The maximum atomic E-state index is 13.1. The Morgan fingerprint density at radius 1 is 1.24 bits per heavy atom. The number of ether oxygens (including phenoxy) is 3. The van der Waals surface area contributed by atoms with Crippen LogP contribution in [0.4, 0.5) is 20.4 Å². The van der Waals surface area contributed by atoms with Gasteiger partial charge in [-0.2, -0.15) is 0 Å². The van der Waals surface area contributed by atoms with Crippen LogP contribution in [0.1, 0.15) is 37.4 Å². The molecule has 182 valence electrons. The van der Waals surface area contributed by atoms with E-state index >= 15 is 0 Å². The number of aryl methyl sites for hydroxylation is 1. The van der Waals surface area contributed by atoms with Crippen molar-refractivity contribution in [3.63, 3.8) is 0 Å². The second kappa shape index (κ2) is 11.1. The van der Waals surface area contributed by atoms with Gasteiger partial charge in [-0.1, -0.05) is 6.58 Å². The molecule has 34 heavy (non-hydrogen) atoms. The second-order valence-electron chi connectivity index (χ2n) is 7.73. The number of anilines is 2. The highest BCUT2D eigenvalue weighted by atomic mass is 19.3. The molecule has 0 radical (unpaired) electrons. The summed E-state index contributed by atoms with van der Waals surface area (Å²) in [7, 11) is 1.59. The first-order valence-corrected chi connectivity index (χ1v) is 10.8. The first-order chi connectivity index (χ1) is 16.2. The van der Waals surface area contributed by atoms with E-state index in [9.17, 15) is 8.78 Å². The van der Waals surface area contributed by atoms with Gasteiger partial charge in [0.15, 0.2) is 0 Å². The molecule has 0 amide bonds. The molecular weight excluding hydrogens is 444 g/mol. The van der Waals surface area contributed by atoms with E-state index < -0.39 is 5.92 Å². The normalized spacial score (nSPS) is 11.4. The SMILES string of the molecule is C=C(OCC)c1cc(COCCC(C)(F)F)nc(Nc2ccc(-n3cnc(C)c3)c(OC)c2)n1. The van der Waals surface area contributed by atoms with Crippen molar-refractivity contribution in [3.05, 3.63) is 60.5 Å². The third-order valence-corrected chi connectivity index (χ3v) is 4.74. The zero-order valence-electron chi connectivity index (χ0n) is 19.8. The van der Waals surface area contributed by atoms with Crippen LogP contribution in [0.15, 0.2) is 43.4 Å². The fourth-order valence-corrected chi connectivity index (χ4v) is 3.10. The van der Waals surface area contributed by atoms with Gasteiger partial charge >= 0.3 is 0 Å². The smallest absolute Gasteiger partial charge is 0.247 e. The Bertz CT molecular complexity index is 1130. The van der Waals surface area contributed by atoms with Gasteiger partial charge in [0.2, 0.25) is 11.9 Å². The lowest BCUT2D eigenvalue weighted by Crippen LogP contribution is -2.13. The van der Waals surface area contributed by atoms with Crippen molar-refractivity contribution >= 4 is 17.4 Å². The molecule has 8 nitrogen and oxygen atoms in total. The van der Waals surface area contributed by atoms with Crippen LogP contribution in [0, 0.1) is 6.92 Å². The molecule has 0 saturated heterocycles. The highest BCUT2D eigenvalue weighted by Gasteiger charge is 2.20. The number of rotatable bonds is 12. The monoisotopic (exact) mass is 473 g/mol. The second-order valence-corrected chi connectivity index (χ2v) is 7.73. The first kappa shape index (κ1) is 25.1. The molecule has 3 aromatic rings. The molecule has 0 fully saturated rings. The van der Waals surface area contributed by atoms with E-state index in [1.165, 1.54) is 0 Å². The fourth-order valence-electron chi connectivity index (χ4n) is 3.10.